The molecule has 14 heavy (non-hydrogen) atoms. The predicted molar refractivity (Wildman–Crippen MR) is 60.1 cm³/mol. The summed E-state index contributed by atoms with van der Waals surface area (Å²) in [5.74, 6) is 1.67. The van der Waals surface area contributed by atoms with Gasteiger partial charge < -0.3 is 11.1 Å². The van der Waals surface area contributed by atoms with Crippen molar-refractivity contribution in [3.63, 3.8) is 0 Å². The molecular weight excluding hydrogens is 172 g/mol. The Balaban J connectivity index is 1.70. The van der Waals surface area contributed by atoms with Gasteiger partial charge in [-0.15, -0.1) is 0 Å². The molecule has 0 bridgehead atoms. The Morgan fingerprint density at radius 1 is 0.929 bits per heavy atom. The first-order chi connectivity index (χ1) is 6.90. The zero-order valence-corrected chi connectivity index (χ0v) is 9.17. The SMILES string of the molecule is NCC1CCCCC1CNC1CCC1. The lowest BCUT2D eigenvalue weighted by atomic mass is 9.79. The highest BCUT2D eigenvalue weighted by molar-refractivity contribution is 4.82. The Kier molecular flexibility index (Phi) is 3.82. The largest absolute Gasteiger partial charge is 0.330 e. The average molecular weight is 196 g/mol. The fraction of sp³-hybridized carbons (Fsp3) is 1.00. The van der Waals surface area contributed by atoms with Gasteiger partial charge in [0, 0.05) is 6.04 Å². The lowest BCUT2D eigenvalue weighted by Crippen LogP contribution is -2.41. The van der Waals surface area contributed by atoms with Gasteiger partial charge >= 0.3 is 0 Å². The molecule has 2 aliphatic rings. The number of nitrogens with one attached hydrogen (secondary N) is 1. The zero-order chi connectivity index (χ0) is 9.80. The summed E-state index contributed by atoms with van der Waals surface area (Å²) in [6, 6.07) is 0.843. The summed E-state index contributed by atoms with van der Waals surface area (Å²) in [7, 11) is 0. The summed E-state index contributed by atoms with van der Waals surface area (Å²) in [4.78, 5) is 0. The van der Waals surface area contributed by atoms with Gasteiger partial charge in [0.15, 0.2) is 0 Å². The molecule has 2 nitrogen and oxygen atoms in total. The van der Waals surface area contributed by atoms with Gasteiger partial charge in [0.05, 0.1) is 0 Å². The molecule has 2 atom stereocenters. The second-order valence-electron chi connectivity index (χ2n) is 5.08. The molecule has 0 aromatic heterocycles. The number of hydrogen-bond acceptors (Lipinski definition) is 2. The molecule has 82 valence electrons. The van der Waals surface area contributed by atoms with E-state index in [1.807, 2.05) is 0 Å². The number of nitrogens with two attached hydrogens (primary N) is 1. The molecule has 0 spiro atoms. The van der Waals surface area contributed by atoms with Gasteiger partial charge in [0.1, 0.15) is 0 Å². The summed E-state index contributed by atoms with van der Waals surface area (Å²) in [5.41, 5.74) is 5.82. The third-order valence-electron chi connectivity index (χ3n) is 4.14. The molecular formula is C12H24N2. The topological polar surface area (TPSA) is 38.0 Å². The molecule has 0 amide bonds. The third-order valence-corrected chi connectivity index (χ3v) is 4.14. The molecule has 0 aromatic rings. The highest BCUT2D eigenvalue weighted by atomic mass is 14.9. The smallest absolute Gasteiger partial charge is 0.00672 e. The first kappa shape index (κ1) is 10.4. The van der Waals surface area contributed by atoms with Crippen molar-refractivity contribution in [1.82, 2.24) is 5.32 Å². The van der Waals surface area contributed by atoms with Crippen molar-refractivity contribution < 1.29 is 0 Å². The van der Waals surface area contributed by atoms with Crippen molar-refractivity contribution in [2.24, 2.45) is 17.6 Å². The molecule has 3 N–H and O–H groups in total. The normalized spacial score (nSPS) is 34.1. The van der Waals surface area contributed by atoms with Crippen LogP contribution in [0.5, 0.6) is 0 Å². The molecule has 2 fully saturated rings. The molecule has 0 heterocycles. The van der Waals surface area contributed by atoms with Crippen molar-refractivity contribution in [1.29, 1.82) is 0 Å². The highest BCUT2D eigenvalue weighted by Crippen LogP contribution is 2.29. The van der Waals surface area contributed by atoms with E-state index in [0.717, 1.165) is 24.4 Å². The van der Waals surface area contributed by atoms with Crippen LogP contribution in [-0.4, -0.2) is 19.1 Å². The van der Waals surface area contributed by atoms with Crippen LogP contribution in [0.15, 0.2) is 0 Å². The van der Waals surface area contributed by atoms with Crippen LogP contribution in [0.2, 0.25) is 0 Å². The van der Waals surface area contributed by atoms with Crippen molar-refractivity contribution >= 4 is 0 Å². The van der Waals surface area contributed by atoms with E-state index >= 15 is 0 Å². The molecule has 0 radical (unpaired) electrons. The van der Waals surface area contributed by atoms with Gasteiger partial charge in [0.25, 0.3) is 0 Å². The first-order valence-corrected chi connectivity index (χ1v) is 6.33. The minimum Gasteiger partial charge on any atom is -0.330 e. The van der Waals surface area contributed by atoms with E-state index in [9.17, 15) is 0 Å². The van der Waals surface area contributed by atoms with Crippen LogP contribution in [0.1, 0.15) is 44.9 Å². The molecule has 0 saturated heterocycles. The minimum atomic E-state index is 0.802. The van der Waals surface area contributed by atoms with Crippen molar-refractivity contribution in [3.8, 4) is 0 Å². The molecule has 2 rings (SSSR count). The Hall–Kier alpha value is -0.0800. The predicted octanol–water partition coefficient (Wildman–Crippen LogP) is 1.89. The monoisotopic (exact) mass is 196 g/mol. The summed E-state index contributed by atoms with van der Waals surface area (Å²) >= 11 is 0. The zero-order valence-electron chi connectivity index (χ0n) is 9.17. The minimum absolute atomic E-state index is 0.802. The second-order valence-corrected chi connectivity index (χ2v) is 5.08. The maximum atomic E-state index is 5.82. The van der Waals surface area contributed by atoms with Gasteiger partial charge in [-0.3, -0.25) is 0 Å². The van der Waals surface area contributed by atoms with E-state index in [2.05, 4.69) is 5.32 Å². The lowest BCUT2D eigenvalue weighted by molar-refractivity contribution is 0.214. The second kappa shape index (κ2) is 5.13. The van der Waals surface area contributed by atoms with Crippen LogP contribution >= 0.6 is 0 Å². The third kappa shape index (κ3) is 2.48. The van der Waals surface area contributed by atoms with E-state index in [4.69, 9.17) is 5.73 Å². The van der Waals surface area contributed by atoms with E-state index in [1.54, 1.807) is 0 Å². The van der Waals surface area contributed by atoms with Crippen LogP contribution in [0.3, 0.4) is 0 Å². The summed E-state index contributed by atoms with van der Waals surface area (Å²) in [6.45, 7) is 2.13. The Morgan fingerprint density at radius 3 is 2.21 bits per heavy atom. The average Bonchev–Trinajstić information content (AvgIpc) is 2.16. The van der Waals surface area contributed by atoms with Crippen molar-refractivity contribution in [3.05, 3.63) is 0 Å². The summed E-state index contributed by atoms with van der Waals surface area (Å²) in [5, 5.41) is 3.70. The van der Waals surface area contributed by atoms with Crippen LogP contribution in [0.25, 0.3) is 0 Å². The molecule has 2 aliphatic carbocycles. The quantitative estimate of drug-likeness (QED) is 0.720. The summed E-state index contributed by atoms with van der Waals surface area (Å²) in [6.07, 6.45) is 9.84. The number of hydrogen-bond donors (Lipinski definition) is 2. The van der Waals surface area contributed by atoms with Crippen LogP contribution < -0.4 is 11.1 Å². The van der Waals surface area contributed by atoms with E-state index in [0.29, 0.717) is 0 Å². The van der Waals surface area contributed by atoms with Crippen molar-refractivity contribution in [2.45, 2.75) is 51.0 Å². The van der Waals surface area contributed by atoms with Gasteiger partial charge in [-0.2, -0.15) is 0 Å². The maximum Gasteiger partial charge on any atom is 0.00672 e. The van der Waals surface area contributed by atoms with Gasteiger partial charge in [0.2, 0.25) is 0 Å². The fourth-order valence-corrected chi connectivity index (χ4v) is 2.79. The molecule has 0 aromatic carbocycles. The standard InChI is InChI=1S/C12H24N2/c13-8-10-4-1-2-5-11(10)9-14-12-6-3-7-12/h10-12,14H,1-9,13H2. The molecule has 2 unspecified atom stereocenters. The van der Waals surface area contributed by atoms with Crippen molar-refractivity contribution in [2.75, 3.05) is 13.1 Å². The summed E-state index contributed by atoms with van der Waals surface area (Å²) < 4.78 is 0. The number of rotatable bonds is 4. The van der Waals surface area contributed by atoms with Gasteiger partial charge in [-0.1, -0.05) is 19.3 Å². The van der Waals surface area contributed by atoms with Crippen LogP contribution in [0, 0.1) is 11.8 Å². The molecule has 2 heteroatoms. The Bertz CT molecular complexity index is 166. The maximum absolute atomic E-state index is 5.82. The van der Waals surface area contributed by atoms with Crippen LogP contribution in [0.4, 0.5) is 0 Å². The van der Waals surface area contributed by atoms with Gasteiger partial charge in [-0.25, -0.2) is 0 Å². The lowest BCUT2D eigenvalue weighted by Gasteiger charge is -2.34. The Morgan fingerprint density at radius 2 is 1.64 bits per heavy atom. The molecule has 2 saturated carbocycles. The van der Waals surface area contributed by atoms with E-state index < -0.39 is 0 Å². The van der Waals surface area contributed by atoms with E-state index in [1.165, 1.54) is 51.5 Å². The molecule has 0 aliphatic heterocycles. The van der Waals surface area contributed by atoms with Gasteiger partial charge in [-0.05, 0) is 50.6 Å². The fourth-order valence-electron chi connectivity index (χ4n) is 2.79. The van der Waals surface area contributed by atoms with Crippen LogP contribution in [-0.2, 0) is 0 Å². The Labute approximate surface area is 87.6 Å². The van der Waals surface area contributed by atoms with E-state index in [-0.39, 0.29) is 0 Å². The first-order valence-electron chi connectivity index (χ1n) is 6.33. The highest BCUT2D eigenvalue weighted by Gasteiger charge is 2.25.